The Morgan fingerprint density at radius 3 is 1.24 bits per heavy atom. The molecule has 0 aliphatic rings. The van der Waals surface area contributed by atoms with Crippen molar-refractivity contribution in [1.82, 2.24) is 0 Å². The third-order valence-electron chi connectivity index (χ3n) is 8.47. The van der Waals surface area contributed by atoms with Crippen molar-refractivity contribution in [2.24, 2.45) is 0 Å². The molecule has 4 heteroatoms. The molecule has 0 atom stereocenters. The standard InChI is InChI=1S/2C20H21.C2H6Si.2ClH.Zr/c2*1-4-15-12-17-11-10-14(3)20(19(17)13-15)18-9-7-6-8-16(18)5-2;1-3-2;;;/h2*6-13H,4-5H2,1-3H3;1-2H3;2*1H;/q2*-1;;;;+4/p-2. The molecular weight excluding hydrogens is 695 g/mol. The molecule has 6 rings (SSSR count). The van der Waals surface area contributed by atoms with Gasteiger partial charge in [-0.3, -0.25) is 0 Å². The molecule has 238 valence electrons. The second-order valence-electron chi connectivity index (χ2n) is 11.5. The van der Waals surface area contributed by atoms with Crippen LogP contribution in [0.15, 0.2) is 97.1 Å². The minimum absolute atomic E-state index is 0.826. The van der Waals surface area contributed by atoms with E-state index in [1.165, 1.54) is 77.2 Å². The van der Waals surface area contributed by atoms with Crippen molar-refractivity contribution in [2.75, 3.05) is 0 Å². The van der Waals surface area contributed by atoms with Crippen LogP contribution in [-0.2, 0) is 46.5 Å². The van der Waals surface area contributed by atoms with E-state index in [-0.39, 0.29) is 0 Å². The predicted molar refractivity (Wildman–Crippen MR) is 206 cm³/mol. The molecule has 0 amide bonds. The van der Waals surface area contributed by atoms with Crippen LogP contribution >= 0.6 is 17.0 Å². The quantitative estimate of drug-likeness (QED) is 0.118. The SMILES string of the molecule is CCc1cc2c(-c3ccccc3CC)c(C)ccc2[cH-]1.CCc1cc2c(-c3ccccc3CC)c(C)ccc2[cH-]1.C[Si]C.[Cl][Zr+2][Cl]. The van der Waals surface area contributed by atoms with Gasteiger partial charge >= 0.3 is 37.9 Å². The fraction of sp³-hybridized carbons (Fsp3) is 0.286. The molecule has 0 bridgehead atoms. The van der Waals surface area contributed by atoms with Crippen LogP contribution in [0.5, 0.6) is 0 Å². The summed E-state index contributed by atoms with van der Waals surface area (Å²) in [5.41, 5.74) is 14.1. The van der Waals surface area contributed by atoms with Crippen molar-refractivity contribution in [3.05, 3.63) is 130 Å². The average Bonchev–Trinajstić information content (AvgIpc) is 3.70. The maximum atomic E-state index is 4.93. The van der Waals surface area contributed by atoms with Gasteiger partial charge in [0.1, 0.15) is 0 Å². The number of hydrogen-bond donors (Lipinski definition) is 0. The Morgan fingerprint density at radius 1 is 0.565 bits per heavy atom. The Kier molecular flexibility index (Phi) is 16.3. The molecule has 0 fully saturated rings. The summed E-state index contributed by atoms with van der Waals surface area (Å²) in [6.45, 7) is 17.7. The van der Waals surface area contributed by atoms with Crippen LogP contribution in [0.1, 0.15) is 61.1 Å². The normalized spacial score (nSPS) is 10.3. The third-order valence-corrected chi connectivity index (χ3v) is 8.47. The van der Waals surface area contributed by atoms with E-state index in [1.807, 2.05) is 0 Å². The monoisotopic (exact) mass is 740 g/mol. The Labute approximate surface area is 299 Å². The van der Waals surface area contributed by atoms with Crippen LogP contribution in [-0.4, -0.2) is 9.52 Å². The van der Waals surface area contributed by atoms with E-state index in [9.17, 15) is 0 Å². The number of aryl methyl sites for hydroxylation is 6. The van der Waals surface area contributed by atoms with Crippen LogP contribution in [0.2, 0.25) is 13.1 Å². The second kappa shape index (κ2) is 19.6. The summed E-state index contributed by atoms with van der Waals surface area (Å²) in [7, 11) is 11.0. The molecule has 0 spiro atoms. The van der Waals surface area contributed by atoms with Crippen molar-refractivity contribution in [3.63, 3.8) is 0 Å². The van der Waals surface area contributed by atoms with Crippen molar-refractivity contribution in [3.8, 4) is 22.3 Å². The van der Waals surface area contributed by atoms with Crippen LogP contribution in [0.25, 0.3) is 43.8 Å². The summed E-state index contributed by atoms with van der Waals surface area (Å²) in [6.07, 6.45) is 4.35. The summed E-state index contributed by atoms with van der Waals surface area (Å²) in [5, 5.41) is 5.55. The Balaban J connectivity index is 0.000000214. The van der Waals surface area contributed by atoms with E-state index in [0.717, 1.165) is 35.2 Å². The number of rotatable bonds is 6. The fourth-order valence-electron chi connectivity index (χ4n) is 6.17. The molecule has 0 heterocycles. The molecule has 2 radical (unpaired) electrons. The van der Waals surface area contributed by atoms with E-state index in [4.69, 9.17) is 17.0 Å². The summed E-state index contributed by atoms with van der Waals surface area (Å²) in [4.78, 5) is 0. The topological polar surface area (TPSA) is 0 Å². The summed E-state index contributed by atoms with van der Waals surface area (Å²) in [6, 6.07) is 36.0. The summed E-state index contributed by atoms with van der Waals surface area (Å²) in [5.74, 6) is 0. The van der Waals surface area contributed by atoms with E-state index < -0.39 is 20.8 Å². The minimum atomic E-state index is -0.826. The molecule has 0 N–H and O–H groups in total. The zero-order chi connectivity index (χ0) is 33.6. The van der Waals surface area contributed by atoms with E-state index >= 15 is 0 Å². The second-order valence-corrected chi connectivity index (χ2v) is 16.3. The summed E-state index contributed by atoms with van der Waals surface area (Å²) >= 11 is -0.826. The molecule has 0 aromatic heterocycles. The zero-order valence-corrected chi connectivity index (χ0v) is 33.8. The Hall–Kier alpha value is -2.22. The molecule has 0 saturated carbocycles. The third kappa shape index (κ3) is 9.44. The van der Waals surface area contributed by atoms with E-state index in [0.29, 0.717) is 0 Å². The molecule has 0 aliphatic carbocycles. The van der Waals surface area contributed by atoms with Gasteiger partial charge in [0.25, 0.3) is 0 Å². The van der Waals surface area contributed by atoms with Gasteiger partial charge < -0.3 is 0 Å². The predicted octanol–water partition coefficient (Wildman–Crippen LogP) is 13.5. The van der Waals surface area contributed by atoms with Gasteiger partial charge in [0.15, 0.2) is 0 Å². The van der Waals surface area contributed by atoms with Gasteiger partial charge in [-0.15, -0.1) is 69.1 Å². The number of benzene rings is 4. The van der Waals surface area contributed by atoms with Gasteiger partial charge in [-0.1, -0.05) is 112 Å². The summed E-state index contributed by atoms with van der Waals surface area (Å²) < 4.78 is 0. The van der Waals surface area contributed by atoms with Crippen LogP contribution in [0.3, 0.4) is 0 Å². The number of fused-ring (bicyclic) bond motifs is 2. The van der Waals surface area contributed by atoms with Crippen LogP contribution in [0, 0.1) is 13.8 Å². The van der Waals surface area contributed by atoms with Gasteiger partial charge in [0.05, 0.1) is 0 Å². The van der Waals surface area contributed by atoms with Gasteiger partial charge in [0, 0.05) is 9.52 Å². The molecular formula is C42H48Cl2SiZr. The molecule has 0 saturated heterocycles. The maximum absolute atomic E-state index is 4.93. The van der Waals surface area contributed by atoms with Crippen molar-refractivity contribution >= 4 is 48.1 Å². The molecule has 0 unspecified atom stereocenters. The molecule has 0 nitrogen and oxygen atoms in total. The number of hydrogen-bond acceptors (Lipinski definition) is 0. The fourth-order valence-corrected chi connectivity index (χ4v) is 6.17. The zero-order valence-electron chi connectivity index (χ0n) is 28.8. The van der Waals surface area contributed by atoms with Crippen LogP contribution in [0.4, 0.5) is 0 Å². The van der Waals surface area contributed by atoms with Gasteiger partial charge in [-0.25, -0.2) is 0 Å². The first-order valence-electron chi connectivity index (χ1n) is 16.4. The average molecular weight is 743 g/mol. The van der Waals surface area contributed by atoms with E-state index in [1.54, 1.807) is 0 Å². The van der Waals surface area contributed by atoms with Gasteiger partial charge in [-0.2, -0.15) is 12.1 Å². The van der Waals surface area contributed by atoms with Crippen molar-refractivity contribution in [1.29, 1.82) is 0 Å². The van der Waals surface area contributed by atoms with Crippen LogP contribution < -0.4 is 0 Å². The first-order valence-corrected chi connectivity index (χ1v) is 24.7. The molecule has 6 aromatic carbocycles. The number of halogens is 2. The first kappa shape index (κ1) is 38.2. The van der Waals surface area contributed by atoms with E-state index in [2.05, 4.69) is 152 Å². The van der Waals surface area contributed by atoms with Crippen molar-refractivity contribution < 1.29 is 20.8 Å². The molecule has 0 aliphatic heterocycles. The Bertz CT molecular complexity index is 1680. The van der Waals surface area contributed by atoms with Gasteiger partial charge in [0.2, 0.25) is 0 Å². The van der Waals surface area contributed by atoms with Gasteiger partial charge in [-0.05, 0) is 61.8 Å². The van der Waals surface area contributed by atoms with Crippen molar-refractivity contribution in [2.45, 2.75) is 80.3 Å². The Morgan fingerprint density at radius 2 is 0.913 bits per heavy atom. The molecule has 6 aromatic rings. The molecule has 46 heavy (non-hydrogen) atoms. The first-order chi connectivity index (χ1) is 22.3.